The third-order valence-corrected chi connectivity index (χ3v) is 3.71. The van der Waals surface area contributed by atoms with Crippen LogP contribution >= 0.6 is 11.6 Å². The average molecular weight is 268 g/mol. The normalized spacial score (nSPS) is 24.8. The molecule has 0 spiro atoms. The molecule has 0 saturated carbocycles. The lowest BCUT2D eigenvalue weighted by molar-refractivity contribution is -0.122. The van der Waals surface area contributed by atoms with Crippen LogP contribution in [0.15, 0.2) is 30.3 Å². The number of hydrogen-bond acceptors (Lipinski definition) is 2. The van der Waals surface area contributed by atoms with Crippen molar-refractivity contribution in [2.24, 2.45) is 0 Å². The van der Waals surface area contributed by atoms with Crippen molar-refractivity contribution in [2.75, 3.05) is 13.2 Å². The number of amides is 1. The highest BCUT2D eigenvalue weighted by Gasteiger charge is 2.31. The Bertz CT molecular complexity index is 402. The molecule has 4 heteroatoms. The fourth-order valence-electron chi connectivity index (χ4n) is 2.11. The number of carbonyl (C=O) groups is 1. The molecule has 1 fully saturated rings. The number of hydrogen-bond donors (Lipinski definition) is 1. The van der Waals surface area contributed by atoms with Gasteiger partial charge in [0.2, 0.25) is 5.91 Å². The predicted octanol–water partition coefficient (Wildman–Crippen LogP) is 2.65. The van der Waals surface area contributed by atoms with Gasteiger partial charge >= 0.3 is 0 Å². The first kappa shape index (κ1) is 13.4. The van der Waals surface area contributed by atoms with Crippen molar-refractivity contribution in [3.05, 3.63) is 35.9 Å². The SMILES string of the molecule is CC1(CNC(=O)C(Cl)c2ccccc2)CCCO1. The summed E-state index contributed by atoms with van der Waals surface area (Å²) in [5.41, 5.74) is 0.581. The van der Waals surface area contributed by atoms with E-state index in [2.05, 4.69) is 5.32 Å². The molecule has 98 valence electrons. The van der Waals surface area contributed by atoms with Gasteiger partial charge in [0.05, 0.1) is 5.60 Å². The summed E-state index contributed by atoms with van der Waals surface area (Å²) in [4.78, 5) is 11.9. The van der Waals surface area contributed by atoms with Crippen molar-refractivity contribution < 1.29 is 9.53 Å². The molecule has 0 radical (unpaired) electrons. The first-order valence-corrected chi connectivity index (χ1v) is 6.65. The van der Waals surface area contributed by atoms with E-state index in [-0.39, 0.29) is 11.5 Å². The van der Waals surface area contributed by atoms with E-state index in [4.69, 9.17) is 16.3 Å². The van der Waals surface area contributed by atoms with E-state index in [0.29, 0.717) is 6.54 Å². The summed E-state index contributed by atoms with van der Waals surface area (Å²) in [6.07, 6.45) is 2.03. The highest BCUT2D eigenvalue weighted by Crippen LogP contribution is 2.25. The molecule has 1 aliphatic heterocycles. The molecular weight excluding hydrogens is 250 g/mol. The van der Waals surface area contributed by atoms with Gasteiger partial charge in [0, 0.05) is 13.2 Å². The number of halogens is 1. The van der Waals surface area contributed by atoms with Crippen LogP contribution in [0.4, 0.5) is 0 Å². The molecule has 1 aromatic carbocycles. The Morgan fingerprint density at radius 3 is 2.83 bits per heavy atom. The molecule has 2 unspecified atom stereocenters. The number of alkyl halides is 1. The van der Waals surface area contributed by atoms with E-state index in [1.807, 2.05) is 37.3 Å². The standard InChI is InChI=1S/C14H18ClNO2/c1-14(8-5-9-18-14)10-16-13(17)12(15)11-6-3-2-4-7-11/h2-4,6-7,12H,5,8-10H2,1H3,(H,16,17). The zero-order valence-electron chi connectivity index (χ0n) is 10.5. The van der Waals surface area contributed by atoms with Gasteiger partial charge in [-0.1, -0.05) is 30.3 Å². The second-order valence-electron chi connectivity index (χ2n) is 4.89. The summed E-state index contributed by atoms with van der Waals surface area (Å²) in [5.74, 6) is -0.167. The minimum atomic E-state index is -0.642. The smallest absolute Gasteiger partial charge is 0.242 e. The molecule has 0 aromatic heterocycles. The Morgan fingerprint density at radius 1 is 1.50 bits per heavy atom. The minimum Gasteiger partial charge on any atom is -0.373 e. The summed E-state index contributed by atoms with van der Waals surface area (Å²) < 4.78 is 5.62. The van der Waals surface area contributed by atoms with E-state index in [9.17, 15) is 4.79 Å². The van der Waals surface area contributed by atoms with E-state index >= 15 is 0 Å². The lowest BCUT2D eigenvalue weighted by atomic mass is 10.0. The molecular formula is C14H18ClNO2. The zero-order valence-corrected chi connectivity index (χ0v) is 11.2. The van der Waals surface area contributed by atoms with Crippen LogP contribution in [0.5, 0.6) is 0 Å². The molecule has 3 nitrogen and oxygen atoms in total. The van der Waals surface area contributed by atoms with Gasteiger partial charge in [0.1, 0.15) is 5.38 Å². The fraction of sp³-hybridized carbons (Fsp3) is 0.500. The van der Waals surface area contributed by atoms with Crippen LogP contribution in [0.2, 0.25) is 0 Å². The Labute approximate surface area is 112 Å². The van der Waals surface area contributed by atoms with Gasteiger partial charge in [-0.15, -0.1) is 11.6 Å². The maximum atomic E-state index is 11.9. The summed E-state index contributed by atoms with van der Waals surface area (Å²) in [6, 6.07) is 9.35. The molecule has 2 rings (SSSR count). The lowest BCUT2D eigenvalue weighted by Gasteiger charge is -2.24. The Hall–Kier alpha value is -1.06. The van der Waals surface area contributed by atoms with Crippen molar-refractivity contribution in [2.45, 2.75) is 30.7 Å². The van der Waals surface area contributed by atoms with Gasteiger partial charge in [0.15, 0.2) is 0 Å². The summed E-state index contributed by atoms with van der Waals surface area (Å²) in [5, 5.41) is 2.23. The molecule has 2 atom stereocenters. The van der Waals surface area contributed by atoms with E-state index < -0.39 is 5.38 Å². The van der Waals surface area contributed by atoms with Crippen molar-refractivity contribution in [3.8, 4) is 0 Å². The van der Waals surface area contributed by atoms with Gasteiger partial charge < -0.3 is 10.1 Å². The summed E-state index contributed by atoms with van der Waals surface area (Å²) in [6.45, 7) is 3.31. The Kier molecular flexibility index (Phi) is 4.25. The van der Waals surface area contributed by atoms with Crippen molar-refractivity contribution >= 4 is 17.5 Å². The van der Waals surface area contributed by atoms with Crippen LogP contribution in [-0.4, -0.2) is 24.7 Å². The minimum absolute atomic E-state index is 0.167. The third kappa shape index (κ3) is 3.24. The largest absolute Gasteiger partial charge is 0.373 e. The molecule has 1 aromatic rings. The second kappa shape index (κ2) is 5.72. The maximum absolute atomic E-state index is 11.9. The van der Waals surface area contributed by atoms with Crippen molar-refractivity contribution in [1.29, 1.82) is 0 Å². The molecule has 0 bridgehead atoms. The molecule has 1 saturated heterocycles. The number of benzene rings is 1. The number of rotatable bonds is 4. The van der Waals surface area contributed by atoms with Crippen LogP contribution in [0.25, 0.3) is 0 Å². The fourth-order valence-corrected chi connectivity index (χ4v) is 2.34. The first-order chi connectivity index (χ1) is 8.61. The van der Waals surface area contributed by atoms with Gasteiger partial charge in [-0.2, -0.15) is 0 Å². The molecule has 1 N–H and O–H groups in total. The van der Waals surface area contributed by atoms with Crippen LogP contribution in [0.3, 0.4) is 0 Å². The molecule has 18 heavy (non-hydrogen) atoms. The van der Waals surface area contributed by atoms with Crippen LogP contribution in [0.1, 0.15) is 30.7 Å². The number of nitrogens with one attached hydrogen (secondary N) is 1. The Morgan fingerprint density at radius 2 is 2.22 bits per heavy atom. The highest BCUT2D eigenvalue weighted by molar-refractivity contribution is 6.30. The van der Waals surface area contributed by atoms with Crippen LogP contribution in [0, 0.1) is 0 Å². The monoisotopic (exact) mass is 267 g/mol. The lowest BCUT2D eigenvalue weighted by Crippen LogP contribution is -2.41. The first-order valence-electron chi connectivity index (χ1n) is 6.21. The summed E-state index contributed by atoms with van der Waals surface area (Å²) >= 11 is 6.13. The van der Waals surface area contributed by atoms with Gasteiger partial charge in [-0.05, 0) is 25.3 Å². The van der Waals surface area contributed by atoms with Gasteiger partial charge in [-0.25, -0.2) is 0 Å². The average Bonchev–Trinajstić information content (AvgIpc) is 2.83. The van der Waals surface area contributed by atoms with Crippen molar-refractivity contribution in [1.82, 2.24) is 5.32 Å². The molecule has 0 aliphatic carbocycles. The van der Waals surface area contributed by atoms with Crippen LogP contribution in [-0.2, 0) is 9.53 Å². The van der Waals surface area contributed by atoms with E-state index in [1.54, 1.807) is 0 Å². The highest BCUT2D eigenvalue weighted by atomic mass is 35.5. The van der Waals surface area contributed by atoms with Gasteiger partial charge in [0.25, 0.3) is 0 Å². The quantitative estimate of drug-likeness (QED) is 0.852. The van der Waals surface area contributed by atoms with E-state index in [0.717, 1.165) is 25.0 Å². The second-order valence-corrected chi connectivity index (χ2v) is 5.33. The third-order valence-electron chi connectivity index (χ3n) is 3.26. The summed E-state index contributed by atoms with van der Waals surface area (Å²) in [7, 11) is 0. The predicted molar refractivity (Wildman–Crippen MR) is 71.6 cm³/mol. The van der Waals surface area contributed by atoms with Crippen LogP contribution < -0.4 is 5.32 Å². The van der Waals surface area contributed by atoms with Gasteiger partial charge in [-0.3, -0.25) is 4.79 Å². The maximum Gasteiger partial charge on any atom is 0.242 e. The zero-order chi connectivity index (χ0) is 13.0. The topological polar surface area (TPSA) is 38.3 Å². The molecule has 1 amide bonds. The Balaban J connectivity index is 1.88. The molecule has 1 heterocycles. The number of ether oxygens (including phenoxy) is 1. The number of carbonyl (C=O) groups excluding carboxylic acids is 1. The van der Waals surface area contributed by atoms with Crippen molar-refractivity contribution in [3.63, 3.8) is 0 Å². The van der Waals surface area contributed by atoms with E-state index in [1.165, 1.54) is 0 Å². The molecule has 1 aliphatic rings.